The molecule has 0 aromatic heterocycles. The minimum Gasteiger partial charge on any atom is -0.352 e. The zero-order chi connectivity index (χ0) is 17.4. The number of hydrogen-bond donors (Lipinski definition) is 2. The molecule has 23 heavy (non-hydrogen) atoms. The Hall–Kier alpha value is -1.98. The molecule has 2 amide bonds. The van der Waals surface area contributed by atoms with Crippen molar-refractivity contribution in [2.75, 3.05) is 6.54 Å². The summed E-state index contributed by atoms with van der Waals surface area (Å²) in [6.07, 6.45) is 2.98. The van der Waals surface area contributed by atoms with Gasteiger partial charge >= 0.3 is 0 Å². The molecule has 0 heterocycles. The average Bonchev–Trinajstić information content (AvgIpc) is 2.44. The van der Waals surface area contributed by atoms with Crippen LogP contribution in [0, 0.1) is 17.6 Å². The molecule has 0 fully saturated rings. The maximum absolute atomic E-state index is 13.4. The zero-order valence-corrected chi connectivity index (χ0v) is 13.8. The van der Waals surface area contributed by atoms with Crippen molar-refractivity contribution in [1.82, 2.24) is 10.6 Å². The molecule has 0 aliphatic carbocycles. The summed E-state index contributed by atoms with van der Waals surface area (Å²) in [6.45, 7) is 5.95. The van der Waals surface area contributed by atoms with Crippen LogP contribution in [0.25, 0.3) is 0 Å². The average molecular weight is 326 g/mol. The van der Waals surface area contributed by atoms with Gasteiger partial charge in [-0.3, -0.25) is 9.59 Å². The van der Waals surface area contributed by atoms with Gasteiger partial charge in [0, 0.05) is 12.1 Å². The first kappa shape index (κ1) is 19.1. The van der Waals surface area contributed by atoms with Crippen LogP contribution in [-0.2, 0) is 4.79 Å². The Labute approximate surface area is 135 Å². The van der Waals surface area contributed by atoms with Crippen LogP contribution in [0.15, 0.2) is 18.2 Å². The van der Waals surface area contributed by atoms with Crippen molar-refractivity contribution in [2.45, 2.75) is 46.1 Å². The highest BCUT2D eigenvalue weighted by Gasteiger charge is 2.14. The molecule has 0 saturated heterocycles. The molecular formula is C17H24F2N2O2. The lowest BCUT2D eigenvalue weighted by Gasteiger charge is -2.15. The second-order valence-corrected chi connectivity index (χ2v) is 6.10. The Morgan fingerprint density at radius 1 is 1.13 bits per heavy atom. The molecule has 0 bridgehead atoms. The van der Waals surface area contributed by atoms with E-state index < -0.39 is 17.5 Å². The Kier molecular flexibility index (Phi) is 7.65. The summed E-state index contributed by atoms with van der Waals surface area (Å²) in [5.41, 5.74) is -0.288. The highest BCUT2D eigenvalue weighted by atomic mass is 19.1. The number of nitrogens with one attached hydrogen (secondary N) is 2. The minimum absolute atomic E-state index is 0.0145. The predicted octanol–water partition coefficient (Wildman–Crippen LogP) is 3.03. The number of hydrogen-bond acceptors (Lipinski definition) is 2. The number of amides is 2. The van der Waals surface area contributed by atoms with E-state index >= 15 is 0 Å². The maximum Gasteiger partial charge on any atom is 0.254 e. The number of carbonyl (C=O) groups excluding carboxylic acids is 2. The van der Waals surface area contributed by atoms with E-state index in [4.69, 9.17) is 0 Å². The zero-order valence-electron chi connectivity index (χ0n) is 13.8. The first-order chi connectivity index (χ1) is 10.8. The van der Waals surface area contributed by atoms with Gasteiger partial charge in [-0.05, 0) is 31.4 Å². The summed E-state index contributed by atoms with van der Waals surface area (Å²) in [7, 11) is 0. The van der Waals surface area contributed by atoms with E-state index in [9.17, 15) is 18.4 Å². The fraction of sp³-hybridized carbons (Fsp3) is 0.529. The van der Waals surface area contributed by atoms with Crippen LogP contribution in [0.3, 0.4) is 0 Å². The first-order valence-corrected chi connectivity index (χ1v) is 7.82. The van der Waals surface area contributed by atoms with E-state index in [0.717, 1.165) is 31.4 Å². The van der Waals surface area contributed by atoms with Gasteiger partial charge in [-0.25, -0.2) is 8.78 Å². The van der Waals surface area contributed by atoms with Gasteiger partial charge < -0.3 is 10.6 Å². The molecule has 0 aliphatic heterocycles. The van der Waals surface area contributed by atoms with Gasteiger partial charge in [0.25, 0.3) is 5.91 Å². The smallest absolute Gasteiger partial charge is 0.254 e. The molecule has 2 N–H and O–H groups in total. The third-order valence-corrected chi connectivity index (χ3v) is 3.41. The molecule has 0 radical (unpaired) electrons. The van der Waals surface area contributed by atoms with Gasteiger partial charge in [0.1, 0.15) is 11.6 Å². The van der Waals surface area contributed by atoms with Crippen molar-refractivity contribution >= 4 is 11.8 Å². The summed E-state index contributed by atoms with van der Waals surface area (Å²) in [5, 5.41) is 5.10. The summed E-state index contributed by atoms with van der Waals surface area (Å²) < 4.78 is 26.2. The van der Waals surface area contributed by atoms with E-state index in [1.54, 1.807) is 0 Å². The molecule has 1 aromatic carbocycles. The minimum atomic E-state index is -0.954. The Morgan fingerprint density at radius 2 is 1.83 bits per heavy atom. The van der Waals surface area contributed by atoms with Crippen molar-refractivity contribution in [1.29, 1.82) is 0 Å². The Balaban J connectivity index is 2.36. The molecule has 4 nitrogen and oxygen atoms in total. The number of rotatable bonds is 8. The van der Waals surface area contributed by atoms with Crippen LogP contribution < -0.4 is 10.6 Å². The molecule has 0 saturated carbocycles. The van der Waals surface area contributed by atoms with E-state index in [1.807, 2.05) is 6.92 Å². The fourth-order valence-electron chi connectivity index (χ4n) is 2.16. The Bertz CT molecular complexity index is 547. The largest absolute Gasteiger partial charge is 0.352 e. The SMILES string of the molecule is CC(C)CCCC(C)NC(=O)CNC(=O)c1ccc(F)cc1F. The molecule has 1 unspecified atom stereocenters. The topological polar surface area (TPSA) is 58.2 Å². The normalized spacial score (nSPS) is 12.1. The fourth-order valence-corrected chi connectivity index (χ4v) is 2.16. The van der Waals surface area contributed by atoms with Crippen LogP contribution in [0.1, 0.15) is 50.4 Å². The standard InChI is InChI=1S/C17H24F2N2O2/c1-11(2)5-4-6-12(3)21-16(22)10-20-17(23)14-8-7-13(18)9-15(14)19/h7-9,11-12H,4-6,10H2,1-3H3,(H,20,23)(H,21,22). The molecular weight excluding hydrogens is 302 g/mol. The monoisotopic (exact) mass is 326 g/mol. The maximum atomic E-state index is 13.4. The second kappa shape index (κ2) is 9.22. The second-order valence-electron chi connectivity index (χ2n) is 6.10. The summed E-state index contributed by atoms with van der Waals surface area (Å²) in [5.74, 6) is -2.16. The van der Waals surface area contributed by atoms with E-state index in [1.165, 1.54) is 0 Å². The van der Waals surface area contributed by atoms with Crippen molar-refractivity contribution in [2.24, 2.45) is 5.92 Å². The van der Waals surface area contributed by atoms with Crippen LogP contribution in [0.4, 0.5) is 8.78 Å². The summed E-state index contributed by atoms with van der Waals surface area (Å²) in [4.78, 5) is 23.5. The third kappa shape index (κ3) is 7.21. The van der Waals surface area contributed by atoms with Crippen molar-refractivity contribution < 1.29 is 18.4 Å². The van der Waals surface area contributed by atoms with E-state index in [-0.39, 0.29) is 24.1 Å². The van der Waals surface area contributed by atoms with Crippen LogP contribution in [-0.4, -0.2) is 24.4 Å². The molecule has 1 aromatic rings. The van der Waals surface area contributed by atoms with Gasteiger partial charge in [-0.2, -0.15) is 0 Å². The van der Waals surface area contributed by atoms with Crippen molar-refractivity contribution in [3.8, 4) is 0 Å². The quantitative estimate of drug-likeness (QED) is 0.771. The summed E-state index contributed by atoms with van der Waals surface area (Å²) >= 11 is 0. The molecule has 6 heteroatoms. The van der Waals surface area contributed by atoms with Crippen LogP contribution >= 0.6 is 0 Å². The van der Waals surface area contributed by atoms with Crippen LogP contribution in [0.5, 0.6) is 0 Å². The highest BCUT2D eigenvalue weighted by molar-refractivity contribution is 5.96. The highest BCUT2D eigenvalue weighted by Crippen LogP contribution is 2.09. The lowest BCUT2D eigenvalue weighted by Crippen LogP contribution is -2.41. The number of carbonyl (C=O) groups is 2. The lowest BCUT2D eigenvalue weighted by molar-refractivity contribution is -0.120. The lowest BCUT2D eigenvalue weighted by atomic mass is 10.0. The van der Waals surface area contributed by atoms with Gasteiger partial charge in [-0.15, -0.1) is 0 Å². The predicted molar refractivity (Wildman–Crippen MR) is 85.0 cm³/mol. The molecule has 1 rings (SSSR count). The van der Waals surface area contributed by atoms with Crippen molar-refractivity contribution in [3.05, 3.63) is 35.4 Å². The van der Waals surface area contributed by atoms with Gasteiger partial charge in [-0.1, -0.05) is 26.7 Å². The number of halogens is 2. The first-order valence-electron chi connectivity index (χ1n) is 7.82. The Morgan fingerprint density at radius 3 is 2.43 bits per heavy atom. The van der Waals surface area contributed by atoms with Gasteiger partial charge in [0.2, 0.25) is 5.91 Å². The van der Waals surface area contributed by atoms with Crippen LogP contribution in [0.2, 0.25) is 0 Å². The molecule has 0 aliphatic rings. The van der Waals surface area contributed by atoms with Gasteiger partial charge in [0.15, 0.2) is 0 Å². The molecule has 0 spiro atoms. The van der Waals surface area contributed by atoms with E-state index in [0.29, 0.717) is 12.0 Å². The number of benzene rings is 1. The molecule has 1 atom stereocenters. The third-order valence-electron chi connectivity index (χ3n) is 3.41. The summed E-state index contributed by atoms with van der Waals surface area (Å²) in [6, 6.07) is 2.69. The van der Waals surface area contributed by atoms with Crippen molar-refractivity contribution in [3.63, 3.8) is 0 Å². The molecule has 128 valence electrons. The van der Waals surface area contributed by atoms with E-state index in [2.05, 4.69) is 24.5 Å². The van der Waals surface area contributed by atoms with Gasteiger partial charge in [0.05, 0.1) is 12.1 Å².